The van der Waals surface area contributed by atoms with Gasteiger partial charge in [0.05, 0.1) is 12.6 Å². The number of aromatic nitrogens is 3. The van der Waals surface area contributed by atoms with Crippen LogP contribution in [0.1, 0.15) is 40.7 Å². The second-order valence-electron chi connectivity index (χ2n) is 6.88. The zero-order valence-corrected chi connectivity index (χ0v) is 16.2. The third-order valence-corrected chi connectivity index (χ3v) is 4.00. The molecule has 5 heteroatoms. The van der Waals surface area contributed by atoms with Crippen LogP contribution in [0.5, 0.6) is 0 Å². The van der Waals surface area contributed by atoms with Crippen LogP contribution in [-0.2, 0) is 0 Å². The van der Waals surface area contributed by atoms with Gasteiger partial charge in [-0.1, -0.05) is 50.1 Å². The predicted molar refractivity (Wildman–Crippen MR) is 106 cm³/mol. The number of benzene rings is 1. The summed E-state index contributed by atoms with van der Waals surface area (Å²) in [6.45, 7) is 10.4. The van der Waals surface area contributed by atoms with Crippen molar-refractivity contribution in [1.82, 2.24) is 15.0 Å². The van der Waals surface area contributed by atoms with Crippen LogP contribution < -0.4 is 0 Å². The van der Waals surface area contributed by atoms with Gasteiger partial charge in [0.1, 0.15) is 11.0 Å². The van der Waals surface area contributed by atoms with Gasteiger partial charge >= 0.3 is 0 Å². The van der Waals surface area contributed by atoms with Gasteiger partial charge in [0.2, 0.25) is 0 Å². The molecule has 0 saturated heterocycles. The van der Waals surface area contributed by atoms with Crippen LogP contribution in [0.25, 0.3) is 11.0 Å². The third-order valence-electron chi connectivity index (χ3n) is 3.76. The van der Waals surface area contributed by atoms with E-state index in [1.165, 1.54) is 0 Å². The second-order valence-corrected chi connectivity index (χ2v) is 7.32. The fourth-order valence-corrected chi connectivity index (χ4v) is 2.52. The summed E-state index contributed by atoms with van der Waals surface area (Å²) in [6.07, 6.45) is 12.1. The highest BCUT2D eigenvalue weighted by atomic mass is 35.5. The Bertz CT molecular complexity index is 794. The van der Waals surface area contributed by atoms with E-state index in [4.69, 9.17) is 11.6 Å². The molecule has 2 aromatic rings. The molecule has 1 unspecified atom stereocenters. The molecule has 4 nitrogen and oxygen atoms in total. The molecule has 1 aromatic heterocycles. The number of fused-ring (bicyclic) bond motifs is 1. The number of hydrogen-bond acceptors (Lipinski definition) is 3. The number of hydrogen-bond donors (Lipinski definition) is 1. The van der Waals surface area contributed by atoms with E-state index in [0.717, 1.165) is 22.2 Å². The molecule has 2 rings (SSSR count). The molecule has 0 aliphatic carbocycles. The third kappa shape index (κ3) is 5.74. The van der Waals surface area contributed by atoms with Crippen molar-refractivity contribution in [3.8, 4) is 12.8 Å². The smallest absolute Gasteiger partial charge is 0.114 e. The lowest BCUT2D eigenvalue weighted by atomic mass is 9.85. The van der Waals surface area contributed by atoms with Gasteiger partial charge in [-0.25, -0.2) is 0 Å². The molecule has 0 spiro atoms. The van der Waals surface area contributed by atoms with Gasteiger partial charge in [-0.05, 0) is 43.0 Å². The fourth-order valence-electron chi connectivity index (χ4n) is 2.36. The molecule has 0 aliphatic rings. The first-order valence-electron chi connectivity index (χ1n) is 8.06. The van der Waals surface area contributed by atoms with E-state index in [0.29, 0.717) is 5.02 Å². The number of rotatable bonds is 4. The molecule has 1 aromatic carbocycles. The number of nitrogens with zero attached hydrogens (tertiary/aromatic N) is 3. The van der Waals surface area contributed by atoms with E-state index >= 15 is 0 Å². The first-order chi connectivity index (χ1) is 11.7. The summed E-state index contributed by atoms with van der Waals surface area (Å²) in [5.74, 6) is 0. The molecule has 0 aliphatic heterocycles. The van der Waals surface area contributed by atoms with Gasteiger partial charge < -0.3 is 5.11 Å². The van der Waals surface area contributed by atoms with E-state index in [2.05, 4.69) is 49.9 Å². The largest absolute Gasteiger partial charge is 0.392 e. The summed E-state index contributed by atoms with van der Waals surface area (Å²) in [7, 11) is 0. The van der Waals surface area contributed by atoms with Gasteiger partial charge in [-0.15, -0.1) is 12.8 Å². The van der Waals surface area contributed by atoms with Crippen molar-refractivity contribution in [3.63, 3.8) is 0 Å². The maximum atomic E-state index is 9.55. The zero-order chi connectivity index (χ0) is 19.2. The van der Waals surface area contributed by atoms with Crippen LogP contribution in [-0.4, -0.2) is 26.7 Å². The molecular formula is C20H26ClN3O. The molecule has 0 fully saturated rings. The van der Waals surface area contributed by atoms with Crippen molar-refractivity contribution in [2.45, 2.75) is 40.7 Å². The highest BCUT2D eigenvalue weighted by Gasteiger charge is 2.16. The number of aliphatic hydroxyl groups excluding tert-OH is 1. The Morgan fingerprint density at radius 2 is 1.88 bits per heavy atom. The number of halogens is 1. The number of aliphatic hydroxyl groups is 1. The minimum atomic E-state index is -0.0531. The maximum absolute atomic E-state index is 9.55. The minimum Gasteiger partial charge on any atom is -0.392 e. The Kier molecular flexibility index (Phi) is 7.41. The molecule has 0 radical (unpaired) electrons. The Labute approximate surface area is 155 Å². The molecular weight excluding hydrogens is 334 g/mol. The minimum absolute atomic E-state index is 0.0114. The van der Waals surface area contributed by atoms with E-state index in [-0.39, 0.29) is 18.1 Å². The fraction of sp³-hybridized carbons (Fsp3) is 0.400. The molecule has 0 saturated carbocycles. The normalized spacial score (nSPS) is 14.1. The van der Waals surface area contributed by atoms with Gasteiger partial charge in [-0.3, -0.25) is 0 Å². The summed E-state index contributed by atoms with van der Waals surface area (Å²) >= 11 is 5.99. The molecule has 134 valence electrons. The molecule has 1 heterocycles. The zero-order valence-electron chi connectivity index (χ0n) is 15.5. The van der Waals surface area contributed by atoms with Crippen LogP contribution in [0.4, 0.5) is 0 Å². The Hall–Kier alpha value is -2.09. The van der Waals surface area contributed by atoms with Crippen LogP contribution in [0.3, 0.4) is 0 Å². The molecule has 25 heavy (non-hydrogen) atoms. The van der Waals surface area contributed by atoms with Crippen molar-refractivity contribution in [1.29, 1.82) is 0 Å². The Balaban J connectivity index is 0.00000151. The van der Waals surface area contributed by atoms with Gasteiger partial charge in [0.25, 0.3) is 0 Å². The average molecular weight is 360 g/mol. The average Bonchev–Trinajstić information content (AvgIpc) is 2.96. The quantitative estimate of drug-likeness (QED) is 0.629. The summed E-state index contributed by atoms with van der Waals surface area (Å²) in [5.41, 5.74) is 3.65. The number of allylic oxidation sites excluding steroid dienone is 3. The lowest BCUT2D eigenvalue weighted by Gasteiger charge is -2.21. The second kappa shape index (κ2) is 8.84. The monoisotopic (exact) mass is 359 g/mol. The Morgan fingerprint density at radius 1 is 1.28 bits per heavy atom. The van der Waals surface area contributed by atoms with Gasteiger partial charge in [0.15, 0.2) is 0 Å². The summed E-state index contributed by atoms with van der Waals surface area (Å²) < 4.78 is 0. The van der Waals surface area contributed by atoms with Crippen LogP contribution in [0.2, 0.25) is 5.02 Å². The van der Waals surface area contributed by atoms with E-state index in [1.54, 1.807) is 4.80 Å². The summed E-state index contributed by atoms with van der Waals surface area (Å²) in [5, 5.41) is 19.2. The standard InChI is InChI=1S/C18H24ClN3O.C2H2/c1-12(9-14(11-23)18(3,4)5)8-13(2)22-20-16-7-6-15(19)10-17(16)21-22;1-2/h6-10,13,23H,11H2,1-5H3;1-2H/b12-8-,14-9+;. The topological polar surface area (TPSA) is 50.9 Å². The van der Waals surface area contributed by atoms with Crippen molar-refractivity contribution in [2.75, 3.05) is 6.61 Å². The van der Waals surface area contributed by atoms with Crippen molar-refractivity contribution >= 4 is 22.6 Å². The maximum Gasteiger partial charge on any atom is 0.114 e. The van der Waals surface area contributed by atoms with E-state index in [9.17, 15) is 5.11 Å². The highest BCUT2D eigenvalue weighted by molar-refractivity contribution is 6.31. The van der Waals surface area contributed by atoms with E-state index in [1.807, 2.05) is 38.1 Å². The van der Waals surface area contributed by atoms with Crippen LogP contribution in [0.15, 0.2) is 41.5 Å². The van der Waals surface area contributed by atoms with Crippen molar-refractivity contribution < 1.29 is 5.11 Å². The molecule has 0 amide bonds. The van der Waals surface area contributed by atoms with Crippen LogP contribution >= 0.6 is 11.6 Å². The molecule has 0 bridgehead atoms. The predicted octanol–water partition coefficient (Wildman–Crippen LogP) is 4.81. The van der Waals surface area contributed by atoms with Crippen molar-refractivity contribution in [2.24, 2.45) is 5.41 Å². The number of terminal acetylenes is 1. The lowest BCUT2D eigenvalue weighted by molar-refractivity contribution is 0.295. The lowest BCUT2D eigenvalue weighted by Crippen LogP contribution is -2.13. The van der Waals surface area contributed by atoms with E-state index < -0.39 is 0 Å². The first kappa shape index (κ1) is 21.0. The summed E-state index contributed by atoms with van der Waals surface area (Å²) in [4.78, 5) is 1.69. The Morgan fingerprint density at radius 3 is 2.44 bits per heavy atom. The first-order valence-corrected chi connectivity index (χ1v) is 8.44. The van der Waals surface area contributed by atoms with Gasteiger partial charge in [0, 0.05) is 5.02 Å². The summed E-state index contributed by atoms with van der Waals surface area (Å²) in [6, 6.07) is 5.51. The highest BCUT2D eigenvalue weighted by Crippen LogP contribution is 2.26. The molecule has 1 atom stereocenters. The molecule has 1 N–H and O–H groups in total. The SMILES string of the molecule is C#C.CC(=C/C(C)n1nc2ccc(Cl)cc2n1)/C=C(\CO)C(C)(C)C. The van der Waals surface area contributed by atoms with Crippen molar-refractivity contribution in [3.05, 3.63) is 46.5 Å². The van der Waals surface area contributed by atoms with Crippen LogP contribution in [0, 0.1) is 18.3 Å². The van der Waals surface area contributed by atoms with Gasteiger partial charge in [-0.2, -0.15) is 15.0 Å².